The number of amides is 1. The Morgan fingerprint density at radius 1 is 1.15 bits per heavy atom. The van der Waals surface area contributed by atoms with Crippen LogP contribution in [-0.2, 0) is 14.3 Å². The normalized spacial score (nSPS) is 19.9. The molecular formula is C23H20N4O3S3. The second-order valence-electron chi connectivity index (χ2n) is 7.49. The number of rotatable bonds is 7. The van der Waals surface area contributed by atoms with E-state index >= 15 is 0 Å². The molecule has 3 aromatic rings. The fourth-order valence-corrected chi connectivity index (χ4v) is 6.72. The van der Waals surface area contributed by atoms with Crippen LogP contribution in [-0.4, -0.2) is 49.9 Å². The molecule has 5 rings (SSSR count). The van der Waals surface area contributed by atoms with E-state index in [1.54, 1.807) is 17.3 Å². The lowest BCUT2D eigenvalue weighted by Gasteiger charge is -2.48. The van der Waals surface area contributed by atoms with Crippen molar-refractivity contribution in [3.8, 4) is 0 Å². The Balaban J connectivity index is 1.47. The number of carbonyl (C=O) groups is 2. The van der Waals surface area contributed by atoms with Gasteiger partial charge in [-0.15, -0.1) is 22.0 Å². The number of thioether (sulfide) groups is 2. The molecule has 7 nitrogen and oxygen atoms in total. The van der Waals surface area contributed by atoms with Crippen molar-refractivity contribution in [2.24, 2.45) is 5.73 Å². The molecule has 0 bridgehead atoms. The third-order valence-electron chi connectivity index (χ3n) is 5.42. The number of esters is 1. The maximum Gasteiger partial charge on any atom is 0.356 e. The van der Waals surface area contributed by atoms with Gasteiger partial charge in [0, 0.05) is 11.5 Å². The number of ether oxygens (including phenoxy) is 1. The number of β-lactam (4-membered cyclic amide) rings is 1. The molecule has 0 radical (unpaired) electrons. The molecule has 1 fully saturated rings. The standard InChI is InChI=1S/C23H20N4O3S3/c24-17-20(28)27-18(16(11-31-21(17)27)12-32-23-26-25-13-33-23)22(29)30-19(14-7-3-1-4-8-14)15-9-5-2-6-10-15/h1-10,13,17,19,21H,11-12,24H2. The van der Waals surface area contributed by atoms with Gasteiger partial charge in [0.15, 0.2) is 10.4 Å². The zero-order valence-electron chi connectivity index (χ0n) is 17.4. The van der Waals surface area contributed by atoms with Gasteiger partial charge in [0.05, 0.1) is 0 Å². The van der Waals surface area contributed by atoms with Gasteiger partial charge in [-0.2, -0.15) is 0 Å². The molecule has 3 heterocycles. The summed E-state index contributed by atoms with van der Waals surface area (Å²) in [7, 11) is 0. The molecule has 33 heavy (non-hydrogen) atoms. The van der Waals surface area contributed by atoms with Crippen molar-refractivity contribution in [3.05, 3.63) is 88.6 Å². The summed E-state index contributed by atoms with van der Waals surface area (Å²) in [5.41, 5.74) is 10.5. The average Bonchev–Trinajstić information content (AvgIpc) is 3.39. The quantitative estimate of drug-likeness (QED) is 0.302. The van der Waals surface area contributed by atoms with Crippen LogP contribution >= 0.6 is 34.9 Å². The molecule has 0 aliphatic carbocycles. The van der Waals surface area contributed by atoms with Crippen LogP contribution in [0.25, 0.3) is 0 Å². The third kappa shape index (κ3) is 4.43. The smallest absolute Gasteiger partial charge is 0.356 e. The molecular weight excluding hydrogens is 476 g/mol. The van der Waals surface area contributed by atoms with Gasteiger partial charge in [-0.05, 0) is 16.7 Å². The van der Waals surface area contributed by atoms with Crippen LogP contribution in [0.4, 0.5) is 0 Å². The maximum atomic E-state index is 13.6. The lowest BCUT2D eigenvalue weighted by atomic mass is 10.0. The van der Waals surface area contributed by atoms with Gasteiger partial charge in [0.2, 0.25) is 5.91 Å². The van der Waals surface area contributed by atoms with Gasteiger partial charge in [-0.25, -0.2) is 4.79 Å². The highest BCUT2D eigenvalue weighted by Gasteiger charge is 2.52. The number of hydrogen-bond acceptors (Lipinski definition) is 9. The first-order chi connectivity index (χ1) is 16.1. The molecule has 2 aromatic carbocycles. The fourth-order valence-electron chi connectivity index (χ4n) is 3.80. The van der Waals surface area contributed by atoms with Crippen LogP contribution in [0.2, 0.25) is 0 Å². The summed E-state index contributed by atoms with van der Waals surface area (Å²) in [4.78, 5) is 27.7. The van der Waals surface area contributed by atoms with E-state index in [-0.39, 0.29) is 11.3 Å². The summed E-state index contributed by atoms with van der Waals surface area (Å²) < 4.78 is 6.90. The summed E-state index contributed by atoms with van der Waals surface area (Å²) in [6.07, 6.45) is -0.595. The number of hydrogen-bond donors (Lipinski definition) is 1. The largest absolute Gasteiger partial charge is 0.448 e. The van der Waals surface area contributed by atoms with Gasteiger partial charge in [0.1, 0.15) is 22.6 Å². The van der Waals surface area contributed by atoms with Crippen molar-refractivity contribution < 1.29 is 14.3 Å². The predicted molar refractivity (Wildman–Crippen MR) is 130 cm³/mol. The van der Waals surface area contributed by atoms with Gasteiger partial charge >= 0.3 is 5.97 Å². The molecule has 2 aliphatic heterocycles. The van der Waals surface area contributed by atoms with Crippen molar-refractivity contribution >= 4 is 46.7 Å². The number of nitrogens with zero attached hydrogens (tertiary/aromatic N) is 3. The molecule has 10 heteroatoms. The first kappa shape index (κ1) is 22.1. The highest BCUT2D eigenvalue weighted by molar-refractivity contribution is 8.01. The summed E-state index contributed by atoms with van der Waals surface area (Å²) in [6, 6.07) is 18.6. The van der Waals surface area contributed by atoms with E-state index < -0.39 is 18.1 Å². The Labute approximate surface area is 203 Å². The van der Waals surface area contributed by atoms with Crippen LogP contribution in [0.3, 0.4) is 0 Å². The number of nitrogens with two attached hydrogens (primary N) is 1. The predicted octanol–water partition coefficient (Wildman–Crippen LogP) is 3.46. The number of carbonyl (C=O) groups excluding carboxylic acids is 2. The molecule has 2 aliphatic rings. The Bertz CT molecular complexity index is 1130. The van der Waals surface area contributed by atoms with Gasteiger partial charge in [0.25, 0.3) is 0 Å². The summed E-state index contributed by atoms with van der Waals surface area (Å²) in [6.45, 7) is 0. The highest BCUT2D eigenvalue weighted by atomic mass is 32.2. The topological polar surface area (TPSA) is 98.4 Å². The zero-order valence-corrected chi connectivity index (χ0v) is 19.8. The molecule has 0 saturated carbocycles. The maximum absolute atomic E-state index is 13.6. The molecule has 2 unspecified atom stereocenters. The van der Waals surface area contributed by atoms with Gasteiger partial charge in [-0.1, -0.05) is 83.8 Å². The Hall–Kier alpha value is -2.66. The summed E-state index contributed by atoms with van der Waals surface area (Å²) in [5, 5.41) is 7.67. The summed E-state index contributed by atoms with van der Waals surface area (Å²) >= 11 is 4.50. The van der Waals surface area contributed by atoms with E-state index in [4.69, 9.17) is 10.5 Å². The molecule has 0 spiro atoms. The first-order valence-electron chi connectivity index (χ1n) is 10.3. The highest BCUT2D eigenvalue weighted by Crippen LogP contribution is 2.42. The Morgan fingerprint density at radius 3 is 2.42 bits per heavy atom. The van der Waals surface area contributed by atoms with E-state index in [0.29, 0.717) is 17.2 Å². The monoisotopic (exact) mass is 496 g/mol. The van der Waals surface area contributed by atoms with Crippen LogP contribution in [0.15, 0.2) is 81.8 Å². The molecule has 1 saturated heterocycles. The third-order valence-corrected chi connectivity index (χ3v) is 8.73. The van der Waals surface area contributed by atoms with Crippen molar-refractivity contribution in [1.82, 2.24) is 15.1 Å². The molecule has 1 amide bonds. The number of benzene rings is 2. The lowest BCUT2D eigenvalue weighted by Crippen LogP contribution is -2.68. The van der Waals surface area contributed by atoms with E-state index in [2.05, 4.69) is 10.2 Å². The van der Waals surface area contributed by atoms with E-state index in [0.717, 1.165) is 21.0 Å². The summed E-state index contributed by atoms with van der Waals surface area (Å²) in [5.74, 6) is 0.332. The first-order valence-corrected chi connectivity index (χ1v) is 13.2. The Kier molecular flexibility index (Phi) is 6.50. The minimum Gasteiger partial charge on any atom is -0.448 e. The second-order valence-corrected chi connectivity index (χ2v) is 10.6. The van der Waals surface area contributed by atoms with Crippen molar-refractivity contribution in [2.45, 2.75) is 21.9 Å². The van der Waals surface area contributed by atoms with Crippen LogP contribution in [0.1, 0.15) is 17.2 Å². The van der Waals surface area contributed by atoms with Crippen molar-refractivity contribution in [3.63, 3.8) is 0 Å². The minimum atomic E-state index is -0.603. The van der Waals surface area contributed by atoms with Gasteiger partial charge < -0.3 is 10.5 Å². The van der Waals surface area contributed by atoms with E-state index in [9.17, 15) is 9.59 Å². The fraction of sp³-hybridized carbons (Fsp3) is 0.217. The molecule has 2 N–H and O–H groups in total. The van der Waals surface area contributed by atoms with Gasteiger partial charge in [-0.3, -0.25) is 9.69 Å². The molecule has 2 atom stereocenters. The van der Waals surface area contributed by atoms with Crippen molar-refractivity contribution in [2.75, 3.05) is 11.5 Å². The van der Waals surface area contributed by atoms with Crippen molar-refractivity contribution in [1.29, 1.82) is 0 Å². The zero-order chi connectivity index (χ0) is 22.8. The second kappa shape index (κ2) is 9.68. The number of fused-ring (bicyclic) bond motifs is 1. The van der Waals surface area contributed by atoms with E-state index in [1.165, 1.54) is 28.0 Å². The van der Waals surface area contributed by atoms with E-state index in [1.807, 2.05) is 60.7 Å². The molecule has 168 valence electrons. The number of aromatic nitrogens is 2. The van der Waals surface area contributed by atoms with Crippen LogP contribution < -0.4 is 5.73 Å². The SMILES string of the molecule is NC1C(=O)N2C(C(=O)OC(c3ccccc3)c3ccccc3)=C(CSc3nncs3)CSC12. The average molecular weight is 497 g/mol. The Morgan fingerprint density at radius 2 is 1.82 bits per heavy atom. The van der Waals surface area contributed by atoms with Crippen LogP contribution in [0.5, 0.6) is 0 Å². The lowest BCUT2D eigenvalue weighted by molar-refractivity contribution is -0.153. The molecule has 1 aromatic heterocycles. The minimum absolute atomic E-state index is 0.248. The van der Waals surface area contributed by atoms with Crippen LogP contribution in [0, 0.1) is 0 Å².